The van der Waals surface area contributed by atoms with E-state index < -0.39 is 0 Å². The molecule has 7 heteroatoms. The quantitative estimate of drug-likeness (QED) is 0.570. The number of halogens is 1. The maximum absolute atomic E-state index is 14.1. The van der Waals surface area contributed by atoms with Crippen molar-refractivity contribution < 1.29 is 9.18 Å². The number of hydrogen-bond acceptors (Lipinski definition) is 4. The molecule has 0 saturated heterocycles. The second kappa shape index (κ2) is 7.19. The van der Waals surface area contributed by atoms with Crippen molar-refractivity contribution in [2.24, 2.45) is 0 Å². The van der Waals surface area contributed by atoms with E-state index in [-0.39, 0.29) is 11.7 Å². The Kier molecular flexibility index (Phi) is 4.57. The molecular weight excluding hydrogens is 357 g/mol. The highest BCUT2D eigenvalue weighted by Crippen LogP contribution is 2.31. The molecule has 3 aromatic heterocycles. The number of amides is 1. The highest BCUT2D eigenvalue weighted by atomic mass is 19.1. The van der Waals surface area contributed by atoms with Crippen LogP contribution in [0.25, 0.3) is 22.2 Å². The Balaban J connectivity index is 1.60. The summed E-state index contributed by atoms with van der Waals surface area (Å²) >= 11 is 0. The maximum atomic E-state index is 14.1. The van der Waals surface area contributed by atoms with E-state index in [0.717, 1.165) is 27.7 Å². The third-order valence-electron chi connectivity index (χ3n) is 4.77. The van der Waals surface area contributed by atoms with E-state index in [0.29, 0.717) is 23.4 Å². The Morgan fingerprint density at radius 1 is 1.18 bits per heavy atom. The second-order valence-electron chi connectivity index (χ2n) is 6.56. The fourth-order valence-electron chi connectivity index (χ4n) is 3.22. The van der Waals surface area contributed by atoms with Crippen molar-refractivity contribution in [2.75, 3.05) is 0 Å². The van der Waals surface area contributed by atoms with Crippen molar-refractivity contribution in [1.82, 2.24) is 25.3 Å². The Morgan fingerprint density at radius 2 is 2.04 bits per heavy atom. The minimum atomic E-state index is -0.370. The predicted octanol–water partition coefficient (Wildman–Crippen LogP) is 3.71. The Labute approximate surface area is 160 Å². The van der Waals surface area contributed by atoms with E-state index in [1.807, 2.05) is 25.1 Å². The van der Waals surface area contributed by atoms with Crippen LogP contribution in [0.15, 0.2) is 49.2 Å². The van der Waals surface area contributed by atoms with Crippen LogP contribution in [0.4, 0.5) is 4.39 Å². The zero-order valence-electron chi connectivity index (χ0n) is 15.5. The van der Waals surface area contributed by atoms with Gasteiger partial charge >= 0.3 is 0 Å². The summed E-state index contributed by atoms with van der Waals surface area (Å²) in [6.45, 7) is 4.08. The summed E-state index contributed by atoms with van der Waals surface area (Å²) in [6.07, 6.45) is 5.70. The number of rotatable bonds is 4. The van der Waals surface area contributed by atoms with Gasteiger partial charge in [0, 0.05) is 35.4 Å². The van der Waals surface area contributed by atoms with Gasteiger partial charge < -0.3 is 10.3 Å². The molecule has 0 fully saturated rings. The van der Waals surface area contributed by atoms with Crippen molar-refractivity contribution in [2.45, 2.75) is 20.4 Å². The number of carbonyl (C=O) groups is 1. The minimum absolute atomic E-state index is 0.219. The van der Waals surface area contributed by atoms with Crippen LogP contribution >= 0.6 is 0 Å². The molecule has 0 saturated carbocycles. The molecule has 0 aliphatic carbocycles. The molecule has 0 unspecified atom stereocenters. The third kappa shape index (κ3) is 3.22. The Morgan fingerprint density at radius 3 is 2.82 bits per heavy atom. The van der Waals surface area contributed by atoms with Gasteiger partial charge in [-0.2, -0.15) is 0 Å². The number of fused-ring (bicyclic) bond motifs is 1. The third-order valence-corrected chi connectivity index (χ3v) is 4.77. The molecule has 0 atom stereocenters. The fourth-order valence-corrected chi connectivity index (χ4v) is 3.22. The highest BCUT2D eigenvalue weighted by molar-refractivity contribution is 5.95. The second-order valence-corrected chi connectivity index (χ2v) is 6.56. The van der Waals surface area contributed by atoms with E-state index in [1.165, 1.54) is 18.7 Å². The molecule has 1 amide bonds. The number of hydrogen-bond donors (Lipinski definition) is 2. The van der Waals surface area contributed by atoms with Crippen molar-refractivity contribution >= 4 is 16.8 Å². The van der Waals surface area contributed by atoms with Crippen molar-refractivity contribution in [3.05, 3.63) is 77.4 Å². The number of aryl methyl sites for hydroxylation is 2. The van der Waals surface area contributed by atoms with Gasteiger partial charge in [0.05, 0.1) is 23.1 Å². The van der Waals surface area contributed by atoms with Gasteiger partial charge in [0.1, 0.15) is 6.33 Å². The SMILES string of the molecule is Cc1ncncc1C(=O)NCc1ccc2[nH]c(-c3ccncc3F)c(C)c2c1. The van der Waals surface area contributed by atoms with Gasteiger partial charge in [-0.15, -0.1) is 0 Å². The first-order valence-electron chi connectivity index (χ1n) is 8.80. The van der Waals surface area contributed by atoms with Crippen LogP contribution in [0.3, 0.4) is 0 Å². The minimum Gasteiger partial charge on any atom is -0.354 e. The molecule has 0 bridgehead atoms. The van der Waals surface area contributed by atoms with Crippen LogP contribution in [-0.4, -0.2) is 25.8 Å². The monoisotopic (exact) mass is 375 g/mol. The van der Waals surface area contributed by atoms with E-state index >= 15 is 0 Å². The molecule has 1 aromatic carbocycles. The average molecular weight is 375 g/mol. The van der Waals surface area contributed by atoms with E-state index in [4.69, 9.17) is 0 Å². The van der Waals surface area contributed by atoms with Crippen molar-refractivity contribution in [1.29, 1.82) is 0 Å². The first kappa shape index (κ1) is 17.8. The highest BCUT2D eigenvalue weighted by Gasteiger charge is 2.14. The van der Waals surface area contributed by atoms with Gasteiger partial charge in [-0.1, -0.05) is 6.07 Å². The zero-order valence-corrected chi connectivity index (χ0v) is 15.5. The number of aromatic amines is 1. The summed E-state index contributed by atoms with van der Waals surface area (Å²) in [4.78, 5) is 27.4. The normalized spacial score (nSPS) is 11.0. The lowest BCUT2D eigenvalue weighted by Crippen LogP contribution is -2.24. The van der Waals surface area contributed by atoms with Crippen LogP contribution in [0, 0.1) is 19.7 Å². The Hall–Kier alpha value is -3.61. The zero-order chi connectivity index (χ0) is 19.7. The number of aromatic nitrogens is 4. The summed E-state index contributed by atoms with van der Waals surface area (Å²) in [6, 6.07) is 7.51. The molecular formula is C21H18FN5O. The standard InChI is InChI=1S/C21H18FN5O/c1-12-16-7-14(8-25-21(28)17-9-24-11-26-13(17)2)3-4-19(16)27-20(12)15-5-6-23-10-18(15)22/h3-7,9-11,27H,8H2,1-2H3,(H,25,28). The number of benzene rings is 1. The number of pyridine rings is 1. The number of H-pyrrole nitrogens is 1. The van der Waals surface area contributed by atoms with Gasteiger partial charge in [0.25, 0.3) is 5.91 Å². The smallest absolute Gasteiger partial charge is 0.254 e. The first-order valence-corrected chi connectivity index (χ1v) is 8.80. The molecule has 3 heterocycles. The summed E-state index contributed by atoms with van der Waals surface area (Å²) < 4.78 is 14.1. The number of nitrogens with zero attached hydrogens (tertiary/aromatic N) is 3. The lowest BCUT2D eigenvalue weighted by molar-refractivity contribution is 0.0949. The molecule has 2 N–H and O–H groups in total. The maximum Gasteiger partial charge on any atom is 0.254 e. The van der Waals surface area contributed by atoms with Crippen LogP contribution < -0.4 is 5.32 Å². The molecule has 4 rings (SSSR count). The van der Waals surface area contributed by atoms with E-state index in [1.54, 1.807) is 19.2 Å². The van der Waals surface area contributed by atoms with Crippen LogP contribution in [0.5, 0.6) is 0 Å². The first-order chi connectivity index (χ1) is 13.5. The van der Waals surface area contributed by atoms with Crippen molar-refractivity contribution in [3.63, 3.8) is 0 Å². The lowest BCUT2D eigenvalue weighted by Gasteiger charge is -2.07. The van der Waals surface area contributed by atoms with Gasteiger partial charge in [-0.3, -0.25) is 9.78 Å². The summed E-state index contributed by atoms with van der Waals surface area (Å²) in [5.41, 5.74) is 5.10. The van der Waals surface area contributed by atoms with Crippen molar-refractivity contribution in [3.8, 4) is 11.3 Å². The molecule has 6 nitrogen and oxygen atoms in total. The fraction of sp³-hybridized carbons (Fsp3) is 0.143. The molecule has 0 spiro atoms. The molecule has 140 valence electrons. The average Bonchev–Trinajstić information content (AvgIpc) is 3.03. The van der Waals surface area contributed by atoms with Crippen LogP contribution in [0.1, 0.15) is 27.2 Å². The number of nitrogens with one attached hydrogen (secondary N) is 2. The van der Waals surface area contributed by atoms with Gasteiger partial charge in [0.15, 0.2) is 5.82 Å². The van der Waals surface area contributed by atoms with E-state index in [2.05, 4.69) is 25.3 Å². The Bertz CT molecular complexity index is 1180. The van der Waals surface area contributed by atoms with E-state index in [9.17, 15) is 9.18 Å². The molecule has 28 heavy (non-hydrogen) atoms. The van der Waals surface area contributed by atoms with Gasteiger partial charge in [-0.25, -0.2) is 14.4 Å². The largest absolute Gasteiger partial charge is 0.354 e. The topological polar surface area (TPSA) is 83.6 Å². The van der Waals surface area contributed by atoms with Gasteiger partial charge in [0.2, 0.25) is 0 Å². The summed E-state index contributed by atoms with van der Waals surface area (Å²) in [5, 5.41) is 3.87. The molecule has 0 aliphatic rings. The number of carbonyl (C=O) groups excluding carboxylic acids is 1. The van der Waals surface area contributed by atoms with Crippen LogP contribution in [0.2, 0.25) is 0 Å². The van der Waals surface area contributed by atoms with Gasteiger partial charge in [-0.05, 0) is 43.2 Å². The predicted molar refractivity (Wildman–Crippen MR) is 104 cm³/mol. The summed E-state index contributed by atoms with van der Waals surface area (Å²) in [7, 11) is 0. The van der Waals surface area contributed by atoms with Crippen LogP contribution in [-0.2, 0) is 6.54 Å². The molecule has 4 aromatic rings. The summed E-state index contributed by atoms with van der Waals surface area (Å²) in [5.74, 6) is -0.589. The lowest BCUT2D eigenvalue weighted by atomic mass is 10.1. The molecule has 0 aliphatic heterocycles. The molecule has 0 radical (unpaired) electrons.